The van der Waals surface area contributed by atoms with Crippen molar-refractivity contribution in [1.82, 2.24) is 0 Å². The van der Waals surface area contributed by atoms with E-state index in [0.29, 0.717) is 24.0 Å². The molecule has 1 fully saturated rings. The molecule has 0 saturated heterocycles. The molecular weight excluding hydrogens is 470 g/mol. The maximum absolute atomic E-state index is 12.5. The standard InChI is InChI=1S/C30H47NO6/c1-4-5-6-9-22(32)11-12-24-25-14-20-8-7-10-28(26(20)15-21(25)16-27(24)33)36-18-30(35)37-23(13-19(2)3)17-29(31)34/h7-8,10,19,21-25,27,32-33H,4-6,9,11-18H2,1-3H3,(H2,31,34)/t21-,22-,23?,24+,25-,27+/m0/s1. The molecule has 37 heavy (non-hydrogen) atoms. The van der Waals surface area contributed by atoms with Gasteiger partial charge in [-0.1, -0.05) is 52.2 Å². The average Bonchev–Trinajstić information content (AvgIpc) is 3.13. The molecule has 0 aromatic heterocycles. The van der Waals surface area contributed by atoms with Gasteiger partial charge >= 0.3 is 5.97 Å². The number of aliphatic hydroxyl groups excluding tert-OH is 2. The summed E-state index contributed by atoms with van der Waals surface area (Å²) in [5.41, 5.74) is 7.63. The highest BCUT2D eigenvalue weighted by molar-refractivity contribution is 5.75. The molecule has 208 valence electrons. The Morgan fingerprint density at radius 1 is 1.16 bits per heavy atom. The van der Waals surface area contributed by atoms with Crippen molar-refractivity contribution in [3.8, 4) is 5.75 Å². The lowest BCUT2D eigenvalue weighted by Gasteiger charge is -2.32. The fourth-order valence-electron chi connectivity index (χ4n) is 6.38. The molecule has 1 aromatic carbocycles. The molecular formula is C30H47NO6. The minimum absolute atomic E-state index is 0.00693. The lowest BCUT2D eigenvalue weighted by atomic mass is 9.73. The molecule has 1 saturated carbocycles. The number of ether oxygens (including phenoxy) is 2. The molecule has 0 aliphatic heterocycles. The summed E-state index contributed by atoms with van der Waals surface area (Å²) < 4.78 is 11.4. The number of unbranched alkanes of at least 4 members (excludes halogenated alkanes) is 2. The van der Waals surface area contributed by atoms with Crippen LogP contribution in [0.1, 0.15) is 89.7 Å². The molecule has 0 heterocycles. The first-order chi connectivity index (χ1) is 17.7. The van der Waals surface area contributed by atoms with Crippen LogP contribution in [-0.2, 0) is 27.2 Å². The molecule has 0 bridgehead atoms. The Morgan fingerprint density at radius 2 is 1.95 bits per heavy atom. The van der Waals surface area contributed by atoms with Crippen LogP contribution in [0.15, 0.2) is 18.2 Å². The van der Waals surface area contributed by atoms with E-state index in [1.807, 2.05) is 26.0 Å². The number of rotatable bonds is 15. The minimum Gasteiger partial charge on any atom is -0.482 e. The minimum atomic E-state index is -0.541. The Hall–Kier alpha value is -2.12. The number of fused-ring (bicyclic) bond motifs is 2. The van der Waals surface area contributed by atoms with Gasteiger partial charge in [0, 0.05) is 0 Å². The van der Waals surface area contributed by atoms with Crippen LogP contribution in [0.2, 0.25) is 0 Å². The van der Waals surface area contributed by atoms with Crippen LogP contribution in [0, 0.1) is 23.7 Å². The zero-order valence-electron chi connectivity index (χ0n) is 22.9. The zero-order chi connectivity index (χ0) is 26.9. The molecule has 6 atom stereocenters. The van der Waals surface area contributed by atoms with Gasteiger partial charge in [0.25, 0.3) is 0 Å². The fraction of sp³-hybridized carbons (Fsp3) is 0.733. The second kappa shape index (κ2) is 14.1. The van der Waals surface area contributed by atoms with Crippen molar-refractivity contribution in [2.45, 2.75) is 110 Å². The number of carbonyl (C=O) groups is 2. The summed E-state index contributed by atoms with van der Waals surface area (Å²) in [6, 6.07) is 5.95. The highest BCUT2D eigenvalue weighted by atomic mass is 16.6. The Kier molecular flexibility index (Phi) is 11.3. The van der Waals surface area contributed by atoms with Crippen molar-refractivity contribution >= 4 is 11.9 Å². The first kappa shape index (κ1) is 29.4. The van der Waals surface area contributed by atoms with Crippen LogP contribution in [0.25, 0.3) is 0 Å². The number of hydrogen-bond donors (Lipinski definition) is 3. The molecule has 2 aliphatic rings. The zero-order valence-corrected chi connectivity index (χ0v) is 22.9. The second-order valence-corrected chi connectivity index (χ2v) is 11.6. The van der Waals surface area contributed by atoms with Gasteiger partial charge in [0.1, 0.15) is 11.9 Å². The van der Waals surface area contributed by atoms with Gasteiger partial charge in [0.15, 0.2) is 6.61 Å². The third-order valence-corrected chi connectivity index (χ3v) is 8.13. The Morgan fingerprint density at radius 3 is 2.65 bits per heavy atom. The van der Waals surface area contributed by atoms with E-state index in [2.05, 4.69) is 13.0 Å². The van der Waals surface area contributed by atoms with Crippen LogP contribution in [0.3, 0.4) is 0 Å². The summed E-state index contributed by atoms with van der Waals surface area (Å²) >= 11 is 0. The Labute approximate surface area is 222 Å². The Balaban J connectivity index is 1.58. The van der Waals surface area contributed by atoms with Crippen LogP contribution in [-0.4, -0.2) is 47.0 Å². The number of esters is 1. The van der Waals surface area contributed by atoms with Crippen molar-refractivity contribution in [1.29, 1.82) is 0 Å². The summed E-state index contributed by atoms with van der Waals surface area (Å²) in [5, 5.41) is 21.3. The van der Waals surface area contributed by atoms with Crippen LogP contribution < -0.4 is 10.5 Å². The maximum Gasteiger partial charge on any atom is 0.344 e. The largest absolute Gasteiger partial charge is 0.482 e. The number of benzene rings is 1. The SMILES string of the molecule is CCCCC[C@H](O)CC[C@@H]1[C@H]2Cc3cccc(OCC(=O)OC(CC(N)=O)CC(C)C)c3C[C@H]2C[C@H]1O. The first-order valence-electron chi connectivity index (χ1n) is 14.2. The van der Waals surface area contributed by atoms with Gasteiger partial charge in [-0.15, -0.1) is 0 Å². The van der Waals surface area contributed by atoms with Crippen LogP contribution >= 0.6 is 0 Å². The summed E-state index contributed by atoms with van der Waals surface area (Å²) in [7, 11) is 0. The van der Waals surface area contributed by atoms with E-state index in [4.69, 9.17) is 15.2 Å². The predicted octanol–water partition coefficient (Wildman–Crippen LogP) is 4.33. The fourth-order valence-corrected chi connectivity index (χ4v) is 6.38. The van der Waals surface area contributed by atoms with E-state index in [0.717, 1.165) is 63.4 Å². The molecule has 7 heteroatoms. The molecule has 0 spiro atoms. The van der Waals surface area contributed by atoms with Gasteiger partial charge < -0.3 is 25.4 Å². The summed E-state index contributed by atoms with van der Waals surface area (Å²) in [5.74, 6) is 0.931. The van der Waals surface area contributed by atoms with Crippen LogP contribution in [0.4, 0.5) is 0 Å². The van der Waals surface area contributed by atoms with Gasteiger partial charge in [0.2, 0.25) is 5.91 Å². The summed E-state index contributed by atoms with van der Waals surface area (Å²) in [6.07, 6.45) is 7.69. The van der Waals surface area contributed by atoms with Gasteiger partial charge in [-0.05, 0) is 85.8 Å². The van der Waals surface area contributed by atoms with E-state index >= 15 is 0 Å². The van der Waals surface area contributed by atoms with Crippen molar-refractivity contribution in [2.24, 2.45) is 29.4 Å². The average molecular weight is 518 g/mol. The smallest absolute Gasteiger partial charge is 0.344 e. The molecule has 4 N–H and O–H groups in total. The molecule has 2 aliphatic carbocycles. The van der Waals surface area contributed by atoms with E-state index < -0.39 is 18.0 Å². The summed E-state index contributed by atoms with van der Waals surface area (Å²) in [4.78, 5) is 23.8. The normalized spacial score (nSPS) is 24.3. The lowest BCUT2D eigenvalue weighted by Crippen LogP contribution is -2.29. The van der Waals surface area contributed by atoms with Gasteiger partial charge in [-0.2, -0.15) is 0 Å². The van der Waals surface area contributed by atoms with Gasteiger partial charge in [-0.25, -0.2) is 4.79 Å². The number of primary amides is 1. The number of carbonyl (C=O) groups excluding carboxylic acids is 2. The van der Waals surface area contributed by atoms with E-state index in [1.165, 1.54) is 5.56 Å². The molecule has 1 aromatic rings. The summed E-state index contributed by atoms with van der Waals surface area (Å²) in [6.45, 7) is 5.95. The topological polar surface area (TPSA) is 119 Å². The first-order valence-corrected chi connectivity index (χ1v) is 14.2. The van der Waals surface area contributed by atoms with E-state index in [1.54, 1.807) is 0 Å². The number of aliphatic hydroxyl groups is 2. The second-order valence-electron chi connectivity index (χ2n) is 11.6. The molecule has 3 rings (SSSR count). The monoisotopic (exact) mass is 517 g/mol. The quantitative estimate of drug-likeness (QED) is 0.235. The number of nitrogens with two attached hydrogens (primary N) is 1. The third kappa shape index (κ3) is 8.71. The van der Waals surface area contributed by atoms with E-state index in [9.17, 15) is 19.8 Å². The van der Waals surface area contributed by atoms with Gasteiger partial charge in [-0.3, -0.25) is 4.79 Å². The van der Waals surface area contributed by atoms with Crippen molar-refractivity contribution < 1.29 is 29.3 Å². The number of hydrogen-bond acceptors (Lipinski definition) is 6. The third-order valence-electron chi connectivity index (χ3n) is 8.13. The molecule has 0 radical (unpaired) electrons. The molecule has 1 amide bonds. The van der Waals surface area contributed by atoms with Crippen molar-refractivity contribution in [3.05, 3.63) is 29.3 Å². The predicted molar refractivity (Wildman–Crippen MR) is 143 cm³/mol. The molecule has 7 nitrogen and oxygen atoms in total. The van der Waals surface area contributed by atoms with Crippen molar-refractivity contribution in [3.63, 3.8) is 0 Å². The lowest BCUT2D eigenvalue weighted by molar-refractivity contribution is -0.153. The maximum atomic E-state index is 12.5. The highest BCUT2D eigenvalue weighted by Crippen LogP contribution is 2.48. The Bertz CT molecular complexity index is 887. The number of amides is 1. The van der Waals surface area contributed by atoms with Crippen molar-refractivity contribution in [2.75, 3.05) is 6.61 Å². The van der Waals surface area contributed by atoms with Gasteiger partial charge in [0.05, 0.1) is 18.6 Å². The van der Waals surface area contributed by atoms with Crippen LogP contribution in [0.5, 0.6) is 5.75 Å². The highest BCUT2D eigenvalue weighted by Gasteiger charge is 2.44. The molecule has 1 unspecified atom stereocenters. The van der Waals surface area contributed by atoms with E-state index in [-0.39, 0.29) is 37.1 Å².